The molecule has 0 spiro atoms. The number of benzene rings is 1. The molecule has 3 rings (SSSR count). The molecule has 17 heavy (non-hydrogen) atoms. The third kappa shape index (κ3) is 2.05. The quantitative estimate of drug-likeness (QED) is 0.790. The van der Waals surface area contributed by atoms with E-state index in [9.17, 15) is 0 Å². The Balaban J connectivity index is 1.94. The van der Waals surface area contributed by atoms with Crippen LogP contribution in [0.25, 0.3) is 11.0 Å². The zero-order chi connectivity index (χ0) is 11.7. The lowest BCUT2D eigenvalue weighted by Gasteiger charge is -2.28. The van der Waals surface area contributed by atoms with Gasteiger partial charge in [0.05, 0.1) is 5.66 Å². The van der Waals surface area contributed by atoms with Crippen LogP contribution in [0.1, 0.15) is 19.3 Å². The molecular weight excluding hydrogens is 213 g/mol. The Morgan fingerprint density at radius 3 is 2.71 bits per heavy atom. The van der Waals surface area contributed by atoms with Crippen molar-refractivity contribution in [2.75, 3.05) is 18.0 Å². The number of nitrogens with zero attached hydrogens (tertiary/aromatic N) is 1. The van der Waals surface area contributed by atoms with Gasteiger partial charge in [0.2, 0.25) is 0 Å². The van der Waals surface area contributed by atoms with Crippen molar-refractivity contribution in [2.24, 2.45) is 0 Å². The molecular formula is C13H16BNO2. The van der Waals surface area contributed by atoms with Crippen molar-refractivity contribution in [3.8, 4) is 0 Å². The highest BCUT2D eigenvalue weighted by Gasteiger charge is 2.12. The van der Waals surface area contributed by atoms with Crippen molar-refractivity contribution in [3.63, 3.8) is 0 Å². The van der Waals surface area contributed by atoms with Crippen LogP contribution >= 0.6 is 0 Å². The molecule has 4 heteroatoms. The number of hydrogen-bond donors (Lipinski definition) is 1. The number of hydrogen-bond acceptors (Lipinski definition) is 3. The molecule has 0 atom stereocenters. The summed E-state index contributed by atoms with van der Waals surface area (Å²) in [5, 5.41) is 10.1. The molecule has 0 saturated carbocycles. The smallest absolute Gasteiger partial charge is 0.347 e. The minimum absolute atomic E-state index is 0.0340. The zero-order valence-corrected chi connectivity index (χ0v) is 9.85. The molecule has 1 aliphatic rings. The summed E-state index contributed by atoms with van der Waals surface area (Å²) in [6.07, 6.45) is 3.91. The van der Waals surface area contributed by atoms with Crippen molar-refractivity contribution in [2.45, 2.75) is 19.3 Å². The van der Waals surface area contributed by atoms with Crippen LogP contribution in [0.2, 0.25) is 0 Å². The highest BCUT2D eigenvalue weighted by molar-refractivity contribution is 6.44. The Labute approximate surface area is 101 Å². The Bertz CT molecular complexity index is 517. The number of piperidine rings is 1. The van der Waals surface area contributed by atoms with E-state index in [1.165, 1.54) is 24.9 Å². The lowest BCUT2D eigenvalue weighted by molar-refractivity contribution is 0.577. The monoisotopic (exact) mass is 229 g/mol. The highest BCUT2D eigenvalue weighted by Crippen LogP contribution is 2.24. The highest BCUT2D eigenvalue weighted by atomic mass is 16.3. The SMILES string of the molecule is OBc1cc2cc(N3CCCCC3)ccc2o1. The van der Waals surface area contributed by atoms with Gasteiger partial charge in [0, 0.05) is 24.2 Å². The van der Waals surface area contributed by atoms with Crippen LogP contribution in [0.3, 0.4) is 0 Å². The number of furan rings is 1. The van der Waals surface area contributed by atoms with E-state index in [4.69, 9.17) is 9.44 Å². The van der Waals surface area contributed by atoms with Crippen LogP contribution in [0, 0.1) is 0 Å². The summed E-state index contributed by atoms with van der Waals surface area (Å²) < 4.78 is 5.49. The minimum Gasteiger partial charge on any atom is -0.468 e. The van der Waals surface area contributed by atoms with Crippen LogP contribution in [-0.4, -0.2) is 25.6 Å². The summed E-state index contributed by atoms with van der Waals surface area (Å²) in [4.78, 5) is 2.43. The summed E-state index contributed by atoms with van der Waals surface area (Å²) in [7, 11) is -0.0340. The van der Waals surface area contributed by atoms with E-state index in [2.05, 4.69) is 17.0 Å². The summed E-state index contributed by atoms with van der Waals surface area (Å²) in [6, 6.07) is 8.18. The van der Waals surface area contributed by atoms with Crippen LogP contribution in [0.15, 0.2) is 28.7 Å². The van der Waals surface area contributed by atoms with E-state index in [0.717, 1.165) is 24.1 Å². The molecule has 3 nitrogen and oxygen atoms in total. The van der Waals surface area contributed by atoms with Gasteiger partial charge in [-0.3, -0.25) is 0 Å². The van der Waals surface area contributed by atoms with Gasteiger partial charge in [-0.1, -0.05) is 0 Å². The minimum atomic E-state index is -0.0340. The van der Waals surface area contributed by atoms with Gasteiger partial charge in [-0.25, -0.2) is 0 Å². The Morgan fingerprint density at radius 1 is 1.12 bits per heavy atom. The second-order valence-electron chi connectivity index (χ2n) is 4.64. The molecule has 0 amide bonds. The molecule has 1 aromatic carbocycles. The van der Waals surface area contributed by atoms with Crippen molar-refractivity contribution in [1.29, 1.82) is 0 Å². The average molecular weight is 229 g/mol. The fourth-order valence-electron chi connectivity index (χ4n) is 2.51. The molecule has 0 bridgehead atoms. The Kier molecular flexibility index (Phi) is 2.81. The summed E-state index contributed by atoms with van der Waals surface area (Å²) in [5.41, 5.74) is 2.76. The predicted molar refractivity (Wildman–Crippen MR) is 71.3 cm³/mol. The lowest BCUT2D eigenvalue weighted by Crippen LogP contribution is -2.29. The normalized spacial score (nSPS) is 16.4. The number of rotatable bonds is 2. The van der Waals surface area contributed by atoms with Gasteiger partial charge >= 0.3 is 7.48 Å². The van der Waals surface area contributed by atoms with Crippen molar-refractivity contribution < 1.29 is 9.44 Å². The molecule has 0 unspecified atom stereocenters. The maximum atomic E-state index is 9.05. The van der Waals surface area contributed by atoms with Crippen molar-refractivity contribution in [1.82, 2.24) is 0 Å². The van der Waals surface area contributed by atoms with Crippen LogP contribution < -0.4 is 10.6 Å². The maximum Gasteiger partial charge on any atom is 0.347 e. The summed E-state index contributed by atoms with van der Waals surface area (Å²) >= 11 is 0. The van der Waals surface area contributed by atoms with E-state index >= 15 is 0 Å². The molecule has 2 heterocycles. The number of anilines is 1. The largest absolute Gasteiger partial charge is 0.468 e. The first-order valence-electron chi connectivity index (χ1n) is 6.25. The average Bonchev–Trinajstić information content (AvgIpc) is 2.81. The molecule has 2 aromatic rings. The van der Waals surface area contributed by atoms with Gasteiger partial charge in [0.1, 0.15) is 5.58 Å². The standard InChI is InChI=1S/C13H16BNO2/c16-14-13-9-10-8-11(4-5-12(10)17-13)15-6-2-1-3-7-15/h4-5,8-9,14,16H,1-3,6-7H2. The molecule has 1 N–H and O–H groups in total. The Hall–Kier alpha value is -1.42. The third-order valence-electron chi connectivity index (χ3n) is 3.43. The van der Waals surface area contributed by atoms with Gasteiger partial charge < -0.3 is 14.3 Å². The third-order valence-corrected chi connectivity index (χ3v) is 3.43. The zero-order valence-electron chi connectivity index (χ0n) is 9.85. The number of fused-ring (bicyclic) bond motifs is 1. The van der Waals surface area contributed by atoms with Crippen LogP contribution in [-0.2, 0) is 0 Å². The van der Waals surface area contributed by atoms with E-state index in [-0.39, 0.29) is 7.48 Å². The van der Waals surface area contributed by atoms with Gasteiger partial charge in [-0.2, -0.15) is 0 Å². The molecule has 1 saturated heterocycles. The predicted octanol–water partition coefficient (Wildman–Crippen LogP) is 1.39. The lowest BCUT2D eigenvalue weighted by atomic mass is 9.98. The fraction of sp³-hybridized carbons (Fsp3) is 0.385. The van der Waals surface area contributed by atoms with Gasteiger partial charge in [-0.15, -0.1) is 0 Å². The molecule has 88 valence electrons. The van der Waals surface area contributed by atoms with Crippen LogP contribution in [0.5, 0.6) is 0 Å². The second kappa shape index (κ2) is 4.45. The van der Waals surface area contributed by atoms with E-state index in [1.54, 1.807) is 0 Å². The molecule has 1 fully saturated rings. The van der Waals surface area contributed by atoms with E-state index < -0.39 is 0 Å². The molecule has 0 aliphatic carbocycles. The van der Waals surface area contributed by atoms with Gasteiger partial charge in [0.15, 0.2) is 0 Å². The first kappa shape index (κ1) is 10.7. The van der Waals surface area contributed by atoms with E-state index in [1.807, 2.05) is 12.1 Å². The molecule has 1 aliphatic heterocycles. The molecule has 0 radical (unpaired) electrons. The first-order chi connectivity index (χ1) is 8.36. The van der Waals surface area contributed by atoms with E-state index in [0.29, 0.717) is 5.66 Å². The van der Waals surface area contributed by atoms with Gasteiger partial charge in [-0.05, 0) is 43.5 Å². The summed E-state index contributed by atoms with van der Waals surface area (Å²) in [6.45, 7) is 2.30. The van der Waals surface area contributed by atoms with Crippen LogP contribution in [0.4, 0.5) is 5.69 Å². The Morgan fingerprint density at radius 2 is 1.94 bits per heavy atom. The summed E-state index contributed by atoms with van der Waals surface area (Å²) in [5.74, 6) is 0. The maximum absolute atomic E-state index is 9.05. The van der Waals surface area contributed by atoms with Crippen molar-refractivity contribution in [3.05, 3.63) is 24.3 Å². The first-order valence-corrected chi connectivity index (χ1v) is 6.25. The fourth-order valence-corrected chi connectivity index (χ4v) is 2.51. The topological polar surface area (TPSA) is 36.6 Å². The van der Waals surface area contributed by atoms with Crippen molar-refractivity contribution >= 4 is 29.8 Å². The van der Waals surface area contributed by atoms with Gasteiger partial charge in [0.25, 0.3) is 0 Å². The second-order valence-corrected chi connectivity index (χ2v) is 4.64. The molecule has 1 aromatic heterocycles.